The maximum atomic E-state index is 8.00. The molecule has 0 saturated heterocycles. The van der Waals surface area contributed by atoms with Gasteiger partial charge in [-0.05, 0) is 36.2 Å². The van der Waals surface area contributed by atoms with Gasteiger partial charge >= 0.3 is 0 Å². The van der Waals surface area contributed by atoms with E-state index in [1.54, 1.807) is 6.20 Å². The van der Waals surface area contributed by atoms with Gasteiger partial charge in [-0.2, -0.15) is 0 Å². The molecule has 0 radical (unpaired) electrons. The number of H-pyrrole nitrogens is 1. The van der Waals surface area contributed by atoms with Crippen molar-refractivity contribution in [2.75, 3.05) is 19.0 Å². The Morgan fingerprint density at radius 3 is 2.55 bits per heavy atom. The van der Waals surface area contributed by atoms with E-state index in [-0.39, 0.29) is 0 Å². The molecule has 116 valence electrons. The molecule has 0 fully saturated rings. The number of carbonyl (C=O) groups is 1. The van der Waals surface area contributed by atoms with Gasteiger partial charge in [0.25, 0.3) is 0 Å². The molecule has 0 aliphatic carbocycles. The lowest BCUT2D eigenvalue weighted by Gasteiger charge is -1.93. The Balaban J connectivity index is 0.000000180. The normalized spacial score (nSPS) is 10.6. The van der Waals surface area contributed by atoms with Gasteiger partial charge in [0.05, 0.1) is 0 Å². The van der Waals surface area contributed by atoms with Crippen molar-refractivity contribution in [3.63, 3.8) is 0 Å². The number of hydrogen-bond donors (Lipinski definition) is 3. The summed E-state index contributed by atoms with van der Waals surface area (Å²) in [5.41, 5.74) is 2.30. The molecule has 0 atom stereocenters. The number of aromatic amines is 1. The first-order valence-corrected chi connectivity index (χ1v) is 6.73. The number of aliphatic hydroxyl groups excluding tert-OH is 1. The van der Waals surface area contributed by atoms with Crippen molar-refractivity contribution in [3.05, 3.63) is 54.5 Å². The molecule has 3 N–H and O–H groups in total. The summed E-state index contributed by atoms with van der Waals surface area (Å²) in [5.74, 6) is 1.07. The quantitative estimate of drug-likeness (QED) is 0.591. The number of aromatic nitrogens is 3. The smallest absolute Gasteiger partial charge is 0.137 e. The van der Waals surface area contributed by atoms with E-state index in [1.807, 2.05) is 43.4 Å². The number of nitrogens with zero attached hydrogens (tertiary/aromatic N) is 2. The van der Waals surface area contributed by atoms with E-state index in [2.05, 4.69) is 26.3 Å². The number of carbonyl (C=O) groups excluding carboxylic acids is 1. The molecule has 6 heteroatoms. The van der Waals surface area contributed by atoms with E-state index in [0.29, 0.717) is 0 Å². The Labute approximate surface area is 129 Å². The number of hydrogen-bond acceptors (Lipinski definition) is 5. The minimum Gasteiger partial charge on any atom is -0.400 e. The third-order valence-corrected chi connectivity index (χ3v) is 2.90. The molecule has 0 amide bonds. The molecule has 4 heterocycles. The number of aliphatic hydroxyl groups is 1. The lowest BCUT2D eigenvalue weighted by atomic mass is 10.2. The molecule has 22 heavy (non-hydrogen) atoms. The summed E-state index contributed by atoms with van der Waals surface area (Å²) in [7, 11) is 1.00. The van der Waals surface area contributed by atoms with Crippen LogP contribution < -0.4 is 5.32 Å². The summed E-state index contributed by atoms with van der Waals surface area (Å²) in [6.45, 7) is 3.05. The van der Waals surface area contributed by atoms with Crippen LogP contribution in [0.5, 0.6) is 0 Å². The van der Waals surface area contributed by atoms with Crippen molar-refractivity contribution in [1.82, 2.24) is 15.0 Å². The summed E-state index contributed by atoms with van der Waals surface area (Å²) in [6, 6.07) is 10.0. The second kappa shape index (κ2) is 10.1. The highest BCUT2D eigenvalue weighted by Crippen LogP contribution is 2.16. The number of fused-ring (bicyclic) bond motifs is 2. The Hall–Kier alpha value is -2.73. The van der Waals surface area contributed by atoms with Gasteiger partial charge in [-0.15, -0.1) is 0 Å². The van der Waals surface area contributed by atoms with E-state index >= 15 is 0 Å². The maximum absolute atomic E-state index is 8.00. The van der Waals surface area contributed by atoms with E-state index in [4.69, 9.17) is 9.90 Å². The molecule has 1 aliphatic rings. The highest BCUT2D eigenvalue weighted by atomic mass is 16.2. The topological polar surface area (TPSA) is 90.9 Å². The van der Waals surface area contributed by atoms with Crippen LogP contribution in [0, 0.1) is 0 Å². The fourth-order valence-electron chi connectivity index (χ4n) is 2.00. The summed E-state index contributed by atoms with van der Waals surface area (Å²) >= 11 is 0. The van der Waals surface area contributed by atoms with Crippen LogP contribution in [0.3, 0.4) is 0 Å². The third kappa shape index (κ3) is 4.68. The van der Waals surface area contributed by atoms with Gasteiger partial charge in [-0.25, -0.2) is 9.97 Å². The van der Waals surface area contributed by atoms with Gasteiger partial charge in [0.1, 0.15) is 18.3 Å². The van der Waals surface area contributed by atoms with E-state index < -0.39 is 0 Å². The van der Waals surface area contributed by atoms with Crippen molar-refractivity contribution >= 4 is 23.6 Å². The molecular weight excluding hydrogens is 280 g/mol. The highest BCUT2D eigenvalue weighted by Gasteiger charge is 2.07. The summed E-state index contributed by atoms with van der Waals surface area (Å²) < 4.78 is 0. The Morgan fingerprint density at radius 1 is 1.09 bits per heavy atom. The Kier molecular flexibility index (Phi) is 7.92. The Bertz CT molecular complexity index is 617. The Morgan fingerprint density at radius 2 is 1.82 bits per heavy atom. The van der Waals surface area contributed by atoms with E-state index in [0.717, 1.165) is 36.9 Å². The van der Waals surface area contributed by atoms with Crippen LogP contribution in [0.15, 0.2) is 48.9 Å². The molecule has 1 aliphatic heterocycles. The standard InChI is InChI=1S/C7H8N2.C7H6N2.CH4O.CH2O/c2*1-2-6-3-5-9-7(6)8-4-1;2*1-2/h1-2,4H,3,5H2,(H,8,9);1-5H,(H,8,9);2H,1H3;1H2. The number of pyridine rings is 2. The molecule has 0 aromatic carbocycles. The van der Waals surface area contributed by atoms with Crippen LogP contribution in [0.25, 0.3) is 11.0 Å². The second-order valence-corrected chi connectivity index (χ2v) is 4.11. The van der Waals surface area contributed by atoms with Gasteiger partial charge in [0, 0.05) is 37.6 Å². The molecule has 0 bridgehead atoms. The molecule has 3 aromatic heterocycles. The fraction of sp³-hybridized carbons (Fsp3) is 0.188. The second-order valence-electron chi connectivity index (χ2n) is 4.11. The zero-order valence-corrected chi connectivity index (χ0v) is 12.5. The van der Waals surface area contributed by atoms with Gasteiger partial charge in [-0.3, -0.25) is 0 Å². The van der Waals surface area contributed by atoms with Crippen LogP contribution in [-0.2, 0) is 11.2 Å². The maximum Gasteiger partial charge on any atom is 0.137 e. The summed E-state index contributed by atoms with van der Waals surface area (Å²) in [5, 5.41) is 11.4. The lowest BCUT2D eigenvalue weighted by molar-refractivity contribution is -0.0979. The van der Waals surface area contributed by atoms with Gasteiger partial charge in [-0.1, -0.05) is 6.07 Å². The zero-order chi connectivity index (χ0) is 16.2. The molecular formula is C16H20N4O2. The molecule has 0 spiro atoms. The van der Waals surface area contributed by atoms with E-state index in [9.17, 15) is 0 Å². The largest absolute Gasteiger partial charge is 0.400 e. The third-order valence-electron chi connectivity index (χ3n) is 2.90. The van der Waals surface area contributed by atoms with Gasteiger partial charge in [0.15, 0.2) is 0 Å². The number of anilines is 1. The average Bonchev–Trinajstić information content (AvgIpc) is 3.28. The summed E-state index contributed by atoms with van der Waals surface area (Å²) in [6.07, 6.45) is 6.61. The summed E-state index contributed by atoms with van der Waals surface area (Å²) in [4.78, 5) is 19.2. The zero-order valence-electron chi connectivity index (χ0n) is 12.5. The molecule has 3 aromatic rings. The molecule has 0 unspecified atom stereocenters. The van der Waals surface area contributed by atoms with Crippen molar-refractivity contribution < 1.29 is 9.90 Å². The van der Waals surface area contributed by atoms with Crippen molar-refractivity contribution in [2.24, 2.45) is 0 Å². The average molecular weight is 300 g/mol. The van der Waals surface area contributed by atoms with Crippen LogP contribution in [-0.4, -0.2) is 40.5 Å². The van der Waals surface area contributed by atoms with Crippen molar-refractivity contribution in [2.45, 2.75) is 6.42 Å². The predicted octanol–water partition coefficient (Wildman–Crippen LogP) is 2.04. The lowest BCUT2D eigenvalue weighted by Crippen LogP contribution is -1.92. The molecule has 0 saturated carbocycles. The van der Waals surface area contributed by atoms with Crippen LogP contribution in [0.2, 0.25) is 0 Å². The van der Waals surface area contributed by atoms with Crippen LogP contribution >= 0.6 is 0 Å². The fourth-order valence-corrected chi connectivity index (χ4v) is 2.00. The highest BCUT2D eigenvalue weighted by molar-refractivity contribution is 5.74. The molecule has 6 nitrogen and oxygen atoms in total. The SMILES string of the molecule is C=O.CO.c1cnc2[nH]ccc2c1.c1cnc2c(c1)CCN2. The minimum absolute atomic E-state index is 0.956. The van der Waals surface area contributed by atoms with Crippen molar-refractivity contribution in [3.8, 4) is 0 Å². The van der Waals surface area contributed by atoms with Crippen LogP contribution in [0.4, 0.5) is 5.82 Å². The van der Waals surface area contributed by atoms with Crippen molar-refractivity contribution in [1.29, 1.82) is 0 Å². The molecule has 4 rings (SSSR count). The monoisotopic (exact) mass is 300 g/mol. The van der Waals surface area contributed by atoms with Gasteiger partial charge in [0.2, 0.25) is 0 Å². The number of rotatable bonds is 0. The number of nitrogens with one attached hydrogen (secondary N) is 2. The first-order valence-electron chi connectivity index (χ1n) is 6.73. The minimum atomic E-state index is 0.956. The first-order chi connectivity index (χ1) is 10.9. The van der Waals surface area contributed by atoms with Crippen LogP contribution in [0.1, 0.15) is 5.56 Å². The first kappa shape index (κ1) is 17.3. The predicted molar refractivity (Wildman–Crippen MR) is 87.8 cm³/mol. The van der Waals surface area contributed by atoms with E-state index in [1.165, 1.54) is 5.56 Å². The van der Waals surface area contributed by atoms with Gasteiger partial charge < -0.3 is 20.2 Å².